The molecule has 2 atom stereocenters. The maximum absolute atomic E-state index is 12.8. The number of hydrogen-bond donors (Lipinski definition) is 1. The first-order chi connectivity index (χ1) is 32.1. The number of rotatable bonds is 52. The van der Waals surface area contributed by atoms with Crippen molar-refractivity contribution in [1.82, 2.24) is 0 Å². The summed E-state index contributed by atoms with van der Waals surface area (Å²) in [5.41, 5.74) is 0. The third kappa shape index (κ3) is 46.9. The lowest BCUT2D eigenvalue weighted by Crippen LogP contribution is -2.50. The van der Waals surface area contributed by atoms with Gasteiger partial charge in [0.15, 0.2) is 12.1 Å². The van der Waals surface area contributed by atoms with E-state index in [4.69, 9.17) is 14.2 Å². The number of carboxylic acid groups (broad SMARTS) is 1. The van der Waals surface area contributed by atoms with Gasteiger partial charge in [0.2, 0.25) is 0 Å². The minimum absolute atomic E-state index is 0.0511. The fraction of sp³-hybridized carbons (Fsp3) is 0.879. The molecule has 8 nitrogen and oxygen atoms in total. The number of unbranched alkanes of at least 4 members (excludes halogenated alkanes) is 34. The Kier molecular flexibility index (Phi) is 47.6. The number of esters is 2. The highest BCUT2D eigenvalue weighted by molar-refractivity contribution is 5.72. The normalized spacial score (nSPS) is 12.9. The predicted octanol–water partition coefficient (Wildman–Crippen LogP) is 16.8. The predicted molar refractivity (Wildman–Crippen MR) is 280 cm³/mol. The van der Waals surface area contributed by atoms with Crippen LogP contribution in [-0.2, 0) is 28.6 Å². The average Bonchev–Trinajstić information content (AvgIpc) is 3.28. The number of ether oxygens (including phenoxy) is 3. The molecule has 66 heavy (non-hydrogen) atoms. The molecule has 0 spiro atoms. The summed E-state index contributed by atoms with van der Waals surface area (Å²) in [6, 6.07) is -0.615. The molecule has 8 heteroatoms. The molecule has 1 N–H and O–H groups in total. The Morgan fingerprint density at radius 3 is 1.09 bits per heavy atom. The molecule has 0 amide bonds. The van der Waals surface area contributed by atoms with Gasteiger partial charge in [0.25, 0.3) is 0 Å². The van der Waals surface area contributed by atoms with E-state index < -0.39 is 18.1 Å². The lowest BCUT2D eigenvalue weighted by molar-refractivity contribution is -0.887. The first-order valence-electron chi connectivity index (χ1n) is 28.4. The summed E-state index contributed by atoms with van der Waals surface area (Å²) in [4.78, 5) is 37.2. The van der Waals surface area contributed by atoms with Gasteiger partial charge in [-0.3, -0.25) is 9.59 Å². The summed E-state index contributed by atoms with van der Waals surface area (Å²) in [6.07, 6.45) is 58.1. The first kappa shape index (κ1) is 63.8. The Morgan fingerprint density at radius 1 is 0.439 bits per heavy atom. The van der Waals surface area contributed by atoms with E-state index in [1.54, 1.807) is 0 Å². The number of allylic oxidation sites excluding steroid dienone is 4. The molecule has 0 saturated heterocycles. The largest absolute Gasteiger partial charge is 0.477 e. The van der Waals surface area contributed by atoms with E-state index in [1.165, 1.54) is 205 Å². The minimum Gasteiger partial charge on any atom is -0.477 e. The molecule has 0 saturated carbocycles. The standard InChI is InChI=1S/C58H109NO7/c1-6-8-10-12-14-16-18-20-22-24-26-27-28-29-31-32-34-36-38-40-42-44-46-48-56(60)65-53-54(52-64-51-50-55(58(62)63)59(3,4)5)66-57(61)49-47-45-43-41-39-37-35-33-30-25-23-21-19-17-15-13-11-9-7-2/h25,29-31,54-55H,6-24,26-28,32-53H2,1-5H3/p+1/b30-25+,31-29+. The maximum Gasteiger partial charge on any atom is 0.362 e. The highest BCUT2D eigenvalue weighted by atomic mass is 16.6. The quantitative estimate of drug-likeness (QED) is 0.0281. The van der Waals surface area contributed by atoms with Gasteiger partial charge >= 0.3 is 17.9 Å². The third-order valence-corrected chi connectivity index (χ3v) is 13.1. The van der Waals surface area contributed by atoms with Crippen LogP contribution in [0.1, 0.15) is 277 Å². The first-order valence-corrected chi connectivity index (χ1v) is 28.4. The topological polar surface area (TPSA) is 99.1 Å². The van der Waals surface area contributed by atoms with Crippen LogP contribution in [-0.4, -0.2) is 80.6 Å². The van der Waals surface area contributed by atoms with Crippen LogP contribution in [0.5, 0.6) is 0 Å². The second-order valence-electron chi connectivity index (χ2n) is 20.5. The van der Waals surface area contributed by atoms with Crippen molar-refractivity contribution in [3.8, 4) is 0 Å². The molecule has 0 aliphatic heterocycles. The molecule has 0 aromatic heterocycles. The van der Waals surface area contributed by atoms with E-state index >= 15 is 0 Å². The summed E-state index contributed by atoms with van der Waals surface area (Å²) in [6.45, 7) is 4.78. The van der Waals surface area contributed by atoms with Crippen molar-refractivity contribution in [3.05, 3.63) is 24.3 Å². The Balaban J connectivity index is 4.16. The Bertz CT molecular complexity index is 1130. The van der Waals surface area contributed by atoms with Crippen molar-refractivity contribution in [3.63, 3.8) is 0 Å². The second-order valence-corrected chi connectivity index (χ2v) is 20.5. The smallest absolute Gasteiger partial charge is 0.362 e. The second kappa shape index (κ2) is 49.2. The number of carbonyl (C=O) groups is 3. The zero-order valence-corrected chi connectivity index (χ0v) is 44.4. The molecule has 0 heterocycles. The zero-order chi connectivity index (χ0) is 48.4. The van der Waals surface area contributed by atoms with E-state index in [9.17, 15) is 19.5 Å². The molecular weight excluding hydrogens is 823 g/mol. The summed E-state index contributed by atoms with van der Waals surface area (Å²) in [5.74, 6) is -1.46. The molecular formula is C58H110NO7+. The van der Waals surface area contributed by atoms with Crippen LogP contribution in [0.25, 0.3) is 0 Å². The van der Waals surface area contributed by atoms with Crippen molar-refractivity contribution < 1.29 is 38.2 Å². The molecule has 0 aliphatic carbocycles. The van der Waals surface area contributed by atoms with Crippen molar-refractivity contribution in [2.24, 2.45) is 0 Å². The number of aliphatic carboxylic acids is 1. The lowest BCUT2D eigenvalue weighted by atomic mass is 10.0. The van der Waals surface area contributed by atoms with Crippen molar-refractivity contribution in [2.75, 3.05) is 41.0 Å². The van der Waals surface area contributed by atoms with Gasteiger partial charge in [0, 0.05) is 19.3 Å². The highest BCUT2D eigenvalue weighted by Gasteiger charge is 2.31. The summed E-state index contributed by atoms with van der Waals surface area (Å²) in [5, 5.41) is 9.67. The summed E-state index contributed by atoms with van der Waals surface area (Å²) < 4.78 is 17.4. The Hall–Kier alpha value is -2.19. The van der Waals surface area contributed by atoms with Crippen LogP contribution >= 0.6 is 0 Å². The molecule has 0 radical (unpaired) electrons. The van der Waals surface area contributed by atoms with Gasteiger partial charge in [0.1, 0.15) is 6.61 Å². The average molecular weight is 934 g/mol. The zero-order valence-electron chi connectivity index (χ0n) is 44.4. The number of likely N-dealkylation sites (N-methyl/N-ethyl adjacent to an activating group) is 1. The van der Waals surface area contributed by atoms with Gasteiger partial charge in [-0.2, -0.15) is 0 Å². The maximum atomic E-state index is 12.8. The lowest BCUT2D eigenvalue weighted by Gasteiger charge is -2.31. The molecule has 0 bridgehead atoms. The van der Waals surface area contributed by atoms with E-state index in [2.05, 4.69) is 38.2 Å². The van der Waals surface area contributed by atoms with E-state index in [0.717, 1.165) is 38.5 Å². The monoisotopic (exact) mass is 933 g/mol. The van der Waals surface area contributed by atoms with E-state index in [1.807, 2.05) is 21.1 Å². The minimum atomic E-state index is -0.872. The fourth-order valence-electron chi connectivity index (χ4n) is 8.67. The highest BCUT2D eigenvalue weighted by Crippen LogP contribution is 2.16. The molecule has 0 aliphatic rings. The van der Waals surface area contributed by atoms with Crippen LogP contribution in [0.3, 0.4) is 0 Å². The van der Waals surface area contributed by atoms with Crippen LogP contribution in [0.15, 0.2) is 24.3 Å². The van der Waals surface area contributed by atoms with Crippen molar-refractivity contribution >= 4 is 17.9 Å². The number of nitrogens with zero attached hydrogens (tertiary/aromatic N) is 1. The number of hydrogen-bond acceptors (Lipinski definition) is 6. The van der Waals surface area contributed by atoms with Gasteiger partial charge in [-0.25, -0.2) is 4.79 Å². The third-order valence-electron chi connectivity index (χ3n) is 13.1. The van der Waals surface area contributed by atoms with E-state index in [-0.39, 0.29) is 36.2 Å². The van der Waals surface area contributed by atoms with Gasteiger partial charge in [-0.15, -0.1) is 0 Å². The number of carbonyl (C=O) groups excluding carboxylic acids is 2. The van der Waals surface area contributed by atoms with Crippen LogP contribution in [0, 0.1) is 0 Å². The number of quaternary nitrogens is 1. The number of carboxylic acids is 1. The van der Waals surface area contributed by atoms with Crippen LogP contribution < -0.4 is 0 Å². The molecule has 0 rings (SSSR count). The Morgan fingerprint density at radius 2 is 0.758 bits per heavy atom. The molecule has 2 unspecified atom stereocenters. The Labute approximate surface area is 409 Å². The van der Waals surface area contributed by atoms with Gasteiger partial charge in [0.05, 0.1) is 34.4 Å². The van der Waals surface area contributed by atoms with Crippen LogP contribution in [0.4, 0.5) is 0 Å². The van der Waals surface area contributed by atoms with Crippen LogP contribution in [0.2, 0.25) is 0 Å². The summed E-state index contributed by atoms with van der Waals surface area (Å²) in [7, 11) is 5.55. The SMILES string of the molecule is CCCCCCCCCC/C=C/CCCCCCCCCC(=O)OC(COCCC(C(=O)O)[N+](C)(C)C)COC(=O)CCCCCCCCC/C=C/CCCCCCCCCCCCCC. The van der Waals surface area contributed by atoms with Crippen molar-refractivity contribution in [1.29, 1.82) is 0 Å². The summed E-state index contributed by atoms with van der Waals surface area (Å²) >= 11 is 0. The molecule has 0 aromatic carbocycles. The fourth-order valence-corrected chi connectivity index (χ4v) is 8.67. The van der Waals surface area contributed by atoms with E-state index in [0.29, 0.717) is 19.3 Å². The van der Waals surface area contributed by atoms with Gasteiger partial charge < -0.3 is 23.8 Å². The van der Waals surface area contributed by atoms with Crippen molar-refractivity contribution in [2.45, 2.75) is 289 Å². The van der Waals surface area contributed by atoms with Gasteiger partial charge in [-0.05, 0) is 64.2 Å². The molecule has 0 fully saturated rings. The van der Waals surface area contributed by atoms with Gasteiger partial charge in [-0.1, -0.05) is 218 Å². The molecule has 0 aromatic rings. The molecule has 388 valence electrons.